The van der Waals surface area contributed by atoms with Crippen molar-refractivity contribution in [3.63, 3.8) is 0 Å². The van der Waals surface area contributed by atoms with E-state index in [1.807, 2.05) is 0 Å². The van der Waals surface area contributed by atoms with Gasteiger partial charge in [-0.15, -0.1) is 0 Å². The molecule has 2 nitrogen and oxygen atoms in total. The van der Waals surface area contributed by atoms with Crippen molar-refractivity contribution in [2.75, 3.05) is 26.2 Å². The van der Waals surface area contributed by atoms with Crippen LogP contribution in [0.25, 0.3) is 0 Å². The molecule has 3 saturated heterocycles. The monoisotopic (exact) mass is 222 g/mol. The lowest BCUT2D eigenvalue weighted by Gasteiger charge is -2.44. The van der Waals surface area contributed by atoms with E-state index in [-0.39, 0.29) is 0 Å². The fraction of sp³-hybridized carbons (Fsp3) is 1.00. The van der Waals surface area contributed by atoms with E-state index in [9.17, 15) is 0 Å². The zero-order valence-electron chi connectivity index (χ0n) is 10.5. The van der Waals surface area contributed by atoms with Gasteiger partial charge in [0.25, 0.3) is 0 Å². The Balaban J connectivity index is 1.63. The summed E-state index contributed by atoms with van der Waals surface area (Å²) in [4.78, 5) is 5.60. The van der Waals surface area contributed by atoms with Gasteiger partial charge in [-0.05, 0) is 64.7 Å². The molecule has 0 spiro atoms. The molecule has 3 aliphatic heterocycles. The molecule has 2 heteroatoms. The summed E-state index contributed by atoms with van der Waals surface area (Å²) in [5.41, 5.74) is 0. The van der Waals surface area contributed by atoms with E-state index in [0.717, 1.165) is 12.1 Å². The van der Waals surface area contributed by atoms with E-state index in [1.54, 1.807) is 0 Å². The number of hydrogen-bond donors (Lipinski definition) is 0. The van der Waals surface area contributed by atoms with Crippen molar-refractivity contribution >= 4 is 0 Å². The maximum atomic E-state index is 2.80. The second-order valence-electron chi connectivity index (χ2n) is 5.95. The molecule has 2 atom stereocenters. The Morgan fingerprint density at radius 3 is 1.50 bits per heavy atom. The second kappa shape index (κ2) is 5.05. The van der Waals surface area contributed by atoms with E-state index in [1.165, 1.54) is 77.5 Å². The summed E-state index contributed by atoms with van der Waals surface area (Å²) in [6.07, 6.45) is 11.7. The molecule has 0 unspecified atom stereocenters. The van der Waals surface area contributed by atoms with Crippen LogP contribution in [-0.4, -0.2) is 48.1 Å². The van der Waals surface area contributed by atoms with Crippen LogP contribution in [0.5, 0.6) is 0 Å². The molecule has 16 heavy (non-hydrogen) atoms. The van der Waals surface area contributed by atoms with Crippen molar-refractivity contribution in [3.8, 4) is 0 Å². The molecule has 3 aliphatic rings. The first-order chi connectivity index (χ1) is 7.93. The number of piperidine rings is 2. The van der Waals surface area contributed by atoms with Crippen LogP contribution in [0, 0.1) is 0 Å². The first kappa shape index (κ1) is 11.0. The molecule has 0 radical (unpaired) electrons. The van der Waals surface area contributed by atoms with Gasteiger partial charge in [0, 0.05) is 12.1 Å². The Morgan fingerprint density at radius 2 is 1.00 bits per heavy atom. The van der Waals surface area contributed by atoms with Gasteiger partial charge in [-0.2, -0.15) is 0 Å². The molecule has 92 valence electrons. The molecule has 0 aromatic rings. The Labute approximate surface area is 100.0 Å². The Morgan fingerprint density at radius 1 is 0.500 bits per heavy atom. The van der Waals surface area contributed by atoms with Gasteiger partial charge in [-0.1, -0.05) is 12.8 Å². The number of fused-ring (bicyclic) bond motifs is 2. The maximum absolute atomic E-state index is 2.80. The minimum absolute atomic E-state index is 0.927. The smallest absolute Gasteiger partial charge is 0.0107 e. The third-order valence-electron chi connectivity index (χ3n) is 5.00. The molecule has 0 saturated carbocycles. The van der Waals surface area contributed by atoms with Crippen LogP contribution in [-0.2, 0) is 0 Å². The minimum Gasteiger partial charge on any atom is -0.300 e. The van der Waals surface area contributed by atoms with Crippen molar-refractivity contribution in [2.45, 2.75) is 63.5 Å². The van der Waals surface area contributed by atoms with E-state index < -0.39 is 0 Å². The molecule has 3 rings (SSSR count). The standard InChI is InChI=1S/C14H26N2/c1-3-9-15-12-8-14-6-2-4-10-16(14)11-7-13(15)5-1/h13-14H,1-12H2/t13-,14+. The third kappa shape index (κ3) is 2.28. The van der Waals surface area contributed by atoms with Gasteiger partial charge in [0.1, 0.15) is 0 Å². The van der Waals surface area contributed by atoms with Gasteiger partial charge in [0.05, 0.1) is 0 Å². The molecule has 0 aromatic carbocycles. The number of hydrogen-bond acceptors (Lipinski definition) is 2. The first-order valence-corrected chi connectivity index (χ1v) is 7.41. The topological polar surface area (TPSA) is 6.48 Å². The van der Waals surface area contributed by atoms with Gasteiger partial charge in [-0.3, -0.25) is 0 Å². The third-order valence-corrected chi connectivity index (χ3v) is 5.00. The molecule has 0 amide bonds. The van der Waals surface area contributed by atoms with Gasteiger partial charge in [-0.25, -0.2) is 0 Å². The van der Waals surface area contributed by atoms with Gasteiger partial charge >= 0.3 is 0 Å². The number of rotatable bonds is 0. The van der Waals surface area contributed by atoms with Gasteiger partial charge in [0.2, 0.25) is 0 Å². The molecule has 0 N–H and O–H groups in total. The molecule has 0 bridgehead atoms. The predicted molar refractivity (Wildman–Crippen MR) is 67.7 cm³/mol. The highest BCUT2D eigenvalue weighted by Gasteiger charge is 2.29. The summed E-state index contributed by atoms with van der Waals surface area (Å²) >= 11 is 0. The summed E-state index contributed by atoms with van der Waals surface area (Å²) in [7, 11) is 0. The Hall–Kier alpha value is -0.0800. The molecule has 3 heterocycles. The first-order valence-electron chi connectivity index (χ1n) is 7.41. The van der Waals surface area contributed by atoms with Crippen molar-refractivity contribution in [3.05, 3.63) is 0 Å². The number of nitrogens with zero attached hydrogens (tertiary/aromatic N) is 2. The summed E-state index contributed by atoms with van der Waals surface area (Å²) in [5.74, 6) is 0. The fourth-order valence-corrected chi connectivity index (χ4v) is 3.99. The average molecular weight is 222 g/mol. The van der Waals surface area contributed by atoms with Gasteiger partial charge < -0.3 is 9.80 Å². The summed E-state index contributed by atoms with van der Waals surface area (Å²) in [6, 6.07) is 1.85. The van der Waals surface area contributed by atoms with E-state index in [2.05, 4.69) is 9.80 Å². The highest BCUT2D eigenvalue weighted by molar-refractivity contribution is 4.86. The van der Waals surface area contributed by atoms with Crippen molar-refractivity contribution < 1.29 is 0 Å². The van der Waals surface area contributed by atoms with Crippen LogP contribution in [0.15, 0.2) is 0 Å². The minimum atomic E-state index is 0.927. The zero-order valence-corrected chi connectivity index (χ0v) is 10.5. The molecule has 0 aromatic heterocycles. The van der Waals surface area contributed by atoms with Crippen LogP contribution in [0.4, 0.5) is 0 Å². The molecular formula is C14H26N2. The van der Waals surface area contributed by atoms with E-state index >= 15 is 0 Å². The van der Waals surface area contributed by atoms with Crippen LogP contribution in [0.1, 0.15) is 51.4 Å². The quantitative estimate of drug-likeness (QED) is 0.621. The van der Waals surface area contributed by atoms with Crippen molar-refractivity contribution in [2.24, 2.45) is 0 Å². The zero-order chi connectivity index (χ0) is 10.8. The SMILES string of the molecule is C1CCN2CC[C@@H]3CCCCN3CC[C@H]2C1. The average Bonchev–Trinajstić information content (AvgIpc) is 2.32. The maximum Gasteiger partial charge on any atom is 0.0107 e. The lowest BCUT2D eigenvalue weighted by Crippen LogP contribution is -2.50. The largest absolute Gasteiger partial charge is 0.300 e. The van der Waals surface area contributed by atoms with Crippen LogP contribution in [0.3, 0.4) is 0 Å². The predicted octanol–water partition coefficient (Wildman–Crippen LogP) is 2.49. The van der Waals surface area contributed by atoms with E-state index in [4.69, 9.17) is 0 Å². The van der Waals surface area contributed by atoms with Crippen LogP contribution >= 0.6 is 0 Å². The van der Waals surface area contributed by atoms with Crippen LogP contribution in [0.2, 0.25) is 0 Å². The lowest BCUT2D eigenvalue weighted by atomic mass is 9.92. The summed E-state index contributed by atoms with van der Waals surface area (Å²) in [5, 5.41) is 0. The highest BCUT2D eigenvalue weighted by Crippen LogP contribution is 2.27. The normalized spacial score (nSPS) is 38.2. The summed E-state index contributed by atoms with van der Waals surface area (Å²) in [6.45, 7) is 5.53. The fourth-order valence-electron chi connectivity index (χ4n) is 3.99. The Bertz CT molecular complexity index is 181. The highest BCUT2D eigenvalue weighted by atomic mass is 15.2. The lowest BCUT2D eigenvalue weighted by molar-refractivity contribution is 0.0549. The Kier molecular flexibility index (Phi) is 3.49. The second-order valence-corrected chi connectivity index (χ2v) is 5.95. The molecule has 0 aliphatic carbocycles. The van der Waals surface area contributed by atoms with Gasteiger partial charge in [0.15, 0.2) is 0 Å². The van der Waals surface area contributed by atoms with Crippen LogP contribution < -0.4 is 0 Å². The molecule has 3 fully saturated rings. The van der Waals surface area contributed by atoms with Crippen molar-refractivity contribution in [1.29, 1.82) is 0 Å². The van der Waals surface area contributed by atoms with Crippen molar-refractivity contribution in [1.82, 2.24) is 9.80 Å². The molecular weight excluding hydrogens is 196 g/mol. The summed E-state index contributed by atoms with van der Waals surface area (Å²) < 4.78 is 0. The van der Waals surface area contributed by atoms with E-state index in [0.29, 0.717) is 0 Å².